The summed E-state index contributed by atoms with van der Waals surface area (Å²) in [5, 5.41) is 14.0. The highest BCUT2D eigenvalue weighted by atomic mass is 35.5. The van der Waals surface area contributed by atoms with E-state index in [1.165, 1.54) is 12.1 Å². The van der Waals surface area contributed by atoms with Gasteiger partial charge in [-0.1, -0.05) is 35.7 Å². The van der Waals surface area contributed by atoms with Gasteiger partial charge in [-0.15, -0.1) is 0 Å². The van der Waals surface area contributed by atoms with Gasteiger partial charge in [-0.05, 0) is 31.9 Å². The lowest BCUT2D eigenvalue weighted by Crippen LogP contribution is -2.34. The number of anilines is 1. The molecule has 2 heterocycles. The van der Waals surface area contributed by atoms with E-state index in [9.17, 15) is 14.0 Å². The normalized spacial score (nSPS) is 18.5. The SMILES string of the molecule is CCn1cc(NC(=O)C2CC(c3c(F)cccc3Cl)=NO2)c(C(=O)NC2CCCC2)n1. The van der Waals surface area contributed by atoms with E-state index in [-0.39, 0.29) is 40.4 Å². The zero-order valence-electron chi connectivity index (χ0n) is 17.0. The largest absolute Gasteiger partial charge is 0.382 e. The number of nitrogens with zero attached hydrogens (tertiary/aromatic N) is 3. The number of aryl methyl sites for hydroxylation is 1. The zero-order valence-corrected chi connectivity index (χ0v) is 17.8. The summed E-state index contributed by atoms with van der Waals surface area (Å²) in [6.45, 7) is 2.42. The summed E-state index contributed by atoms with van der Waals surface area (Å²) in [7, 11) is 0. The second kappa shape index (κ2) is 9.05. The molecule has 31 heavy (non-hydrogen) atoms. The van der Waals surface area contributed by atoms with Crippen molar-refractivity contribution in [1.82, 2.24) is 15.1 Å². The molecule has 1 aromatic carbocycles. The molecule has 2 amide bonds. The van der Waals surface area contributed by atoms with Crippen molar-refractivity contribution in [2.24, 2.45) is 5.16 Å². The van der Waals surface area contributed by atoms with Gasteiger partial charge in [0.25, 0.3) is 11.8 Å². The first kappa shape index (κ1) is 21.3. The Hall–Kier alpha value is -2.94. The number of hydrogen-bond donors (Lipinski definition) is 2. The van der Waals surface area contributed by atoms with Crippen molar-refractivity contribution in [1.29, 1.82) is 0 Å². The third kappa shape index (κ3) is 4.56. The molecule has 1 unspecified atom stereocenters. The summed E-state index contributed by atoms with van der Waals surface area (Å²) in [6.07, 6.45) is 4.75. The molecule has 0 bridgehead atoms. The Morgan fingerprint density at radius 3 is 2.81 bits per heavy atom. The van der Waals surface area contributed by atoms with Crippen molar-refractivity contribution >= 4 is 34.8 Å². The molecule has 0 radical (unpaired) electrons. The standard InChI is InChI=1S/C21H23ClFN5O3/c1-2-28-11-16(19(26-28)21(30)24-12-6-3-4-7-12)25-20(29)17-10-15(27-31-17)18-13(22)8-5-9-14(18)23/h5,8-9,11-12,17H,2-4,6-7,10H2,1H3,(H,24,30)(H,25,29). The number of oxime groups is 1. The third-order valence-corrected chi connectivity index (χ3v) is 5.78. The lowest BCUT2D eigenvalue weighted by Gasteiger charge is -2.12. The topological polar surface area (TPSA) is 97.6 Å². The maximum atomic E-state index is 14.2. The number of nitrogens with one attached hydrogen (secondary N) is 2. The van der Waals surface area contributed by atoms with Gasteiger partial charge in [-0.2, -0.15) is 5.10 Å². The van der Waals surface area contributed by atoms with Gasteiger partial charge in [0.2, 0.25) is 6.10 Å². The van der Waals surface area contributed by atoms with Gasteiger partial charge in [-0.25, -0.2) is 4.39 Å². The van der Waals surface area contributed by atoms with Crippen LogP contribution in [0.5, 0.6) is 0 Å². The smallest absolute Gasteiger partial charge is 0.274 e. The summed E-state index contributed by atoms with van der Waals surface area (Å²) in [4.78, 5) is 30.7. The van der Waals surface area contributed by atoms with Gasteiger partial charge in [0.1, 0.15) is 5.82 Å². The minimum atomic E-state index is -0.971. The summed E-state index contributed by atoms with van der Waals surface area (Å²) in [5.41, 5.74) is 0.823. The van der Waals surface area contributed by atoms with E-state index in [1.807, 2.05) is 6.92 Å². The van der Waals surface area contributed by atoms with E-state index in [2.05, 4.69) is 20.9 Å². The minimum absolute atomic E-state index is 0.0536. The monoisotopic (exact) mass is 447 g/mol. The number of halogens is 2. The second-order valence-electron chi connectivity index (χ2n) is 7.62. The van der Waals surface area contributed by atoms with Crippen LogP contribution in [0.15, 0.2) is 29.6 Å². The van der Waals surface area contributed by atoms with Crippen molar-refractivity contribution in [3.8, 4) is 0 Å². The van der Waals surface area contributed by atoms with E-state index in [1.54, 1.807) is 16.9 Å². The quantitative estimate of drug-likeness (QED) is 0.708. The predicted octanol–water partition coefficient (Wildman–Crippen LogP) is 3.50. The van der Waals surface area contributed by atoms with Crippen molar-refractivity contribution < 1.29 is 18.8 Å². The molecule has 0 saturated heterocycles. The molecule has 1 saturated carbocycles. The molecule has 1 fully saturated rings. The number of benzene rings is 1. The number of amides is 2. The van der Waals surface area contributed by atoms with E-state index in [0.717, 1.165) is 25.7 Å². The lowest BCUT2D eigenvalue weighted by molar-refractivity contribution is -0.125. The molecule has 2 aliphatic rings. The van der Waals surface area contributed by atoms with Gasteiger partial charge in [0.15, 0.2) is 5.69 Å². The molecule has 1 aromatic heterocycles. The highest BCUT2D eigenvalue weighted by Crippen LogP contribution is 2.26. The van der Waals surface area contributed by atoms with E-state index in [0.29, 0.717) is 12.2 Å². The Balaban J connectivity index is 1.45. The maximum absolute atomic E-state index is 14.2. The number of carbonyl (C=O) groups excluding carboxylic acids is 2. The van der Waals surface area contributed by atoms with E-state index < -0.39 is 17.8 Å². The van der Waals surface area contributed by atoms with Gasteiger partial charge in [-0.3, -0.25) is 14.3 Å². The molecule has 2 N–H and O–H groups in total. The van der Waals surface area contributed by atoms with Crippen LogP contribution in [0.2, 0.25) is 5.02 Å². The Morgan fingerprint density at radius 1 is 1.32 bits per heavy atom. The molecule has 10 heteroatoms. The third-order valence-electron chi connectivity index (χ3n) is 5.46. The van der Waals surface area contributed by atoms with Crippen LogP contribution < -0.4 is 10.6 Å². The van der Waals surface area contributed by atoms with Gasteiger partial charge >= 0.3 is 0 Å². The van der Waals surface area contributed by atoms with Crippen molar-refractivity contribution in [3.63, 3.8) is 0 Å². The Morgan fingerprint density at radius 2 is 2.10 bits per heavy atom. The molecular formula is C21H23ClFN5O3. The zero-order chi connectivity index (χ0) is 22.0. The molecule has 1 atom stereocenters. The summed E-state index contributed by atoms with van der Waals surface area (Å²) in [5.74, 6) is -1.36. The van der Waals surface area contributed by atoms with Crippen LogP contribution >= 0.6 is 11.6 Å². The lowest BCUT2D eigenvalue weighted by atomic mass is 10.0. The fraction of sp³-hybridized carbons (Fsp3) is 0.429. The number of hydrogen-bond acceptors (Lipinski definition) is 5. The maximum Gasteiger partial charge on any atom is 0.274 e. The van der Waals surface area contributed by atoms with Gasteiger partial charge in [0.05, 0.1) is 22.0 Å². The molecule has 1 aliphatic carbocycles. The Labute approximate surface area is 183 Å². The number of aromatic nitrogens is 2. The van der Waals surface area contributed by atoms with Gasteiger partial charge < -0.3 is 15.5 Å². The average molecular weight is 448 g/mol. The van der Waals surface area contributed by atoms with Crippen LogP contribution in [0.3, 0.4) is 0 Å². The van der Waals surface area contributed by atoms with E-state index in [4.69, 9.17) is 16.4 Å². The van der Waals surface area contributed by atoms with Crippen LogP contribution in [-0.4, -0.2) is 39.5 Å². The number of carbonyl (C=O) groups is 2. The van der Waals surface area contributed by atoms with Crippen LogP contribution in [0.25, 0.3) is 0 Å². The molecule has 1 aliphatic heterocycles. The van der Waals surface area contributed by atoms with Crippen LogP contribution in [0.4, 0.5) is 10.1 Å². The molecule has 2 aromatic rings. The molecular weight excluding hydrogens is 425 g/mol. The number of rotatable bonds is 6. The Kier molecular flexibility index (Phi) is 6.22. The fourth-order valence-electron chi connectivity index (χ4n) is 3.82. The highest BCUT2D eigenvalue weighted by molar-refractivity contribution is 6.34. The van der Waals surface area contributed by atoms with Gasteiger partial charge in [0, 0.05) is 25.2 Å². The summed E-state index contributed by atoms with van der Waals surface area (Å²) in [6, 6.07) is 4.43. The minimum Gasteiger partial charge on any atom is -0.382 e. The summed E-state index contributed by atoms with van der Waals surface area (Å²) < 4.78 is 15.7. The van der Waals surface area contributed by atoms with Crippen molar-refractivity contribution in [2.45, 2.75) is 57.7 Å². The first-order valence-electron chi connectivity index (χ1n) is 10.3. The second-order valence-corrected chi connectivity index (χ2v) is 8.03. The average Bonchev–Trinajstić information content (AvgIpc) is 3.48. The van der Waals surface area contributed by atoms with Crippen molar-refractivity contribution in [2.75, 3.05) is 5.32 Å². The van der Waals surface area contributed by atoms with Crippen LogP contribution in [-0.2, 0) is 16.2 Å². The van der Waals surface area contributed by atoms with Crippen molar-refractivity contribution in [3.05, 3.63) is 46.5 Å². The Bertz CT molecular complexity index is 1010. The molecule has 0 spiro atoms. The summed E-state index contributed by atoms with van der Waals surface area (Å²) >= 11 is 6.08. The highest BCUT2D eigenvalue weighted by Gasteiger charge is 2.32. The van der Waals surface area contributed by atoms with Crippen LogP contribution in [0.1, 0.15) is 55.1 Å². The van der Waals surface area contributed by atoms with Crippen LogP contribution in [0, 0.1) is 5.82 Å². The van der Waals surface area contributed by atoms with E-state index >= 15 is 0 Å². The first-order valence-corrected chi connectivity index (χ1v) is 10.7. The molecule has 164 valence electrons. The molecule has 4 rings (SSSR count). The molecule has 8 nitrogen and oxygen atoms in total. The fourth-order valence-corrected chi connectivity index (χ4v) is 4.09. The first-order chi connectivity index (χ1) is 15.0. The predicted molar refractivity (Wildman–Crippen MR) is 114 cm³/mol.